The van der Waals surface area contributed by atoms with E-state index in [0.717, 1.165) is 0 Å². The van der Waals surface area contributed by atoms with Crippen molar-refractivity contribution in [2.45, 2.75) is 24.5 Å². The lowest BCUT2D eigenvalue weighted by Gasteiger charge is -2.06. The zero-order valence-corrected chi connectivity index (χ0v) is 12.3. The highest BCUT2D eigenvalue weighted by Crippen LogP contribution is 2.20. The molecule has 0 saturated carbocycles. The van der Waals surface area contributed by atoms with Crippen LogP contribution in [0.3, 0.4) is 0 Å². The van der Waals surface area contributed by atoms with Gasteiger partial charge in [0.2, 0.25) is 0 Å². The van der Waals surface area contributed by atoms with Gasteiger partial charge in [-0.3, -0.25) is 0 Å². The number of benzene rings is 1. The fraction of sp³-hybridized carbons (Fsp3) is 0.267. The zero-order chi connectivity index (χ0) is 14.4. The molecule has 0 aliphatic carbocycles. The standard InChI is InChI=1S/C15H16N2O2S/c1-3-19-15(18)13-9-16-14(17-11(13)2)10-20-12-7-5-4-6-8-12/h4-9H,3,10H2,1-2H3. The van der Waals surface area contributed by atoms with Crippen LogP contribution < -0.4 is 0 Å². The summed E-state index contributed by atoms with van der Waals surface area (Å²) in [6.45, 7) is 3.92. The van der Waals surface area contributed by atoms with Crippen LogP contribution in [0.1, 0.15) is 28.8 Å². The number of aromatic nitrogens is 2. The summed E-state index contributed by atoms with van der Waals surface area (Å²) in [5.74, 6) is 1.02. The molecule has 1 heterocycles. The monoisotopic (exact) mass is 288 g/mol. The van der Waals surface area contributed by atoms with E-state index < -0.39 is 0 Å². The lowest BCUT2D eigenvalue weighted by molar-refractivity contribution is 0.0524. The molecule has 0 fully saturated rings. The van der Waals surface area contributed by atoms with Crippen LogP contribution >= 0.6 is 11.8 Å². The predicted octanol–water partition coefficient (Wildman–Crippen LogP) is 3.25. The molecule has 2 rings (SSSR count). The Morgan fingerprint density at radius 1 is 1.30 bits per heavy atom. The first-order valence-corrected chi connectivity index (χ1v) is 7.36. The Labute approximate surface area is 122 Å². The molecule has 0 spiro atoms. The van der Waals surface area contributed by atoms with Crippen molar-refractivity contribution < 1.29 is 9.53 Å². The van der Waals surface area contributed by atoms with Crippen molar-refractivity contribution in [3.8, 4) is 0 Å². The minimum atomic E-state index is -0.368. The van der Waals surface area contributed by atoms with Crippen LogP contribution in [0.15, 0.2) is 41.4 Å². The molecule has 5 heteroatoms. The van der Waals surface area contributed by atoms with Crippen molar-refractivity contribution >= 4 is 17.7 Å². The van der Waals surface area contributed by atoms with E-state index in [-0.39, 0.29) is 5.97 Å². The first-order chi connectivity index (χ1) is 9.70. The van der Waals surface area contributed by atoms with Gasteiger partial charge in [-0.05, 0) is 26.0 Å². The number of aryl methyl sites for hydroxylation is 1. The van der Waals surface area contributed by atoms with Gasteiger partial charge in [0.1, 0.15) is 5.82 Å². The Balaban J connectivity index is 2.04. The maximum Gasteiger partial charge on any atom is 0.341 e. The second-order valence-corrected chi connectivity index (χ2v) is 5.16. The van der Waals surface area contributed by atoms with Gasteiger partial charge in [0, 0.05) is 11.1 Å². The lowest BCUT2D eigenvalue weighted by Crippen LogP contribution is -2.10. The van der Waals surface area contributed by atoms with Crippen LogP contribution in [0.5, 0.6) is 0 Å². The first-order valence-electron chi connectivity index (χ1n) is 6.38. The second kappa shape index (κ2) is 7.05. The molecule has 4 nitrogen and oxygen atoms in total. The SMILES string of the molecule is CCOC(=O)c1cnc(CSc2ccccc2)nc1C. The van der Waals surface area contributed by atoms with Crippen LogP contribution in [0.25, 0.3) is 0 Å². The molecule has 0 saturated heterocycles. The highest BCUT2D eigenvalue weighted by Gasteiger charge is 2.12. The van der Waals surface area contributed by atoms with Crippen LogP contribution in [-0.4, -0.2) is 22.5 Å². The normalized spacial score (nSPS) is 10.3. The molecule has 1 aromatic carbocycles. The van der Waals surface area contributed by atoms with E-state index in [2.05, 4.69) is 9.97 Å². The van der Waals surface area contributed by atoms with E-state index in [0.29, 0.717) is 29.4 Å². The number of thioether (sulfide) groups is 1. The molecule has 0 aliphatic heterocycles. The van der Waals surface area contributed by atoms with Crippen molar-refractivity contribution in [3.05, 3.63) is 53.6 Å². The van der Waals surface area contributed by atoms with Gasteiger partial charge >= 0.3 is 5.97 Å². The predicted molar refractivity (Wildman–Crippen MR) is 78.7 cm³/mol. The highest BCUT2D eigenvalue weighted by atomic mass is 32.2. The molecule has 0 amide bonds. The molecular formula is C15H16N2O2S. The second-order valence-electron chi connectivity index (χ2n) is 4.11. The Bertz CT molecular complexity index is 588. The van der Waals surface area contributed by atoms with Crippen LogP contribution in [0.4, 0.5) is 0 Å². The molecule has 104 valence electrons. The molecule has 0 unspecified atom stereocenters. The molecule has 0 N–H and O–H groups in total. The van der Waals surface area contributed by atoms with E-state index >= 15 is 0 Å². The summed E-state index contributed by atoms with van der Waals surface area (Å²) in [4.78, 5) is 21.4. The minimum absolute atomic E-state index is 0.351. The Hall–Kier alpha value is -1.88. The number of carbonyl (C=O) groups excluding carboxylic acids is 1. The number of nitrogens with zero attached hydrogens (tertiary/aromatic N) is 2. The molecule has 1 aromatic heterocycles. The number of rotatable bonds is 5. The number of ether oxygens (including phenoxy) is 1. The van der Waals surface area contributed by atoms with Crippen molar-refractivity contribution in [1.29, 1.82) is 0 Å². The average molecular weight is 288 g/mol. The third-order valence-corrected chi connectivity index (χ3v) is 3.64. The fourth-order valence-electron chi connectivity index (χ4n) is 1.66. The van der Waals surface area contributed by atoms with E-state index in [1.165, 1.54) is 4.90 Å². The van der Waals surface area contributed by atoms with Crippen LogP contribution in [0, 0.1) is 6.92 Å². The highest BCUT2D eigenvalue weighted by molar-refractivity contribution is 7.98. The third kappa shape index (κ3) is 3.81. The average Bonchev–Trinajstić information content (AvgIpc) is 2.46. The summed E-state index contributed by atoms with van der Waals surface area (Å²) in [5.41, 5.74) is 1.09. The van der Waals surface area contributed by atoms with Gasteiger partial charge in [-0.15, -0.1) is 11.8 Å². The maximum absolute atomic E-state index is 11.6. The summed E-state index contributed by atoms with van der Waals surface area (Å²) in [7, 11) is 0. The van der Waals surface area contributed by atoms with E-state index in [4.69, 9.17) is 4.74 Å². The van der Waals surface area contributed by atoms with Gasteiger partial charge in [0.15, 0.2) is 0 Å². The van der Waals surface area contributed by atoms with Gasteiger partial charge < -0.3 is 4.74 Å². The smallest absolute Gasteiger partial charge is 0.341 e. The van der Waals surface area contributed by atoms with Gasteiger partial charge in [-0.2, -0.15) is 0 Å². The van der Waals surface area contributed by atoms with E-state index in [1.807, 2.05) is 30.3 Å². The van der Waals surface area contributed by atoms with Gasteiger partial charge in [-0.25, -0.2) is 14.8 Å². The third-order valence-electron chi connectivity index (χ3n) is 2.64. The molecule has 0 bridgehead atoms. The minimum Gasteiger partial charge on any atom is -0.462 e. The van der Waals surface area contributed by atoms with Crippen molar-refractivity contribution in [2.24, 2.45) is 0 Å². The topological polar surface area (TPSA) is 52.1 Å². The lowest BCUT2D eigenvalue weighted by atomic mass is 10.2. The van der Waals surface area contributed by atoms with Gasteiger partial charge in [-0.1, -0.05) is 18.2 Å². The first kappa shape index (κ1) is 14.5. The number of hydrogen-bond acceptors (Lipinski definition) is 5. The molecule has 0 aliphatic rings. The summed E-state index contributed by atoms with van der Waals surface area (Å²) >= 11 is 1.67. The largest absolute Gasteiger partial charge is 0.462 e. The van der Waals surface area contributed by atoms with E-state index in [9.17, 15) is 4.79 Å². The summed E-state index contributed by atoms with van der Waals surface area (Å²) in [6.07, 6.45) is 1.54. The number of esters is 1. The molecule has 20 heavy (non-hydrogen) atoms. The maximum atomic E-state index is 11.6. The van der Waals surface area contributed by atoms with Crippen molar-refractivity contribution in [2.75, 3.05) is 6.61 Å². The molecule has 0 atom stereocenters. The summed E-state index contributed by atoms with van der Waals surface area (Å²) < 4.78 is 4.95. The molecular weight excluding hydrogens is 272 g/mol. The van der Waals surface area contributed by atoms with Crippen LogP contribution in [0.2, 0.25) is 0 Å². The Morgan fingerprint density at radius 3 is 2.70 bits per heavy atom. The van der Waals surface area contributed by atoms with Crippen molar-refractivity contribution in [3.63, 3.8) is 0 Å². The van der Waals surface area contributed by atoms with Gasteiger partial charge in [0.05, 0.1) is 23.6 Å². The quantitative estimate of drug-likeness (QED) is 0.624. The van der Waals surface area contributed by atoms with E-state index in [1.54, 1.807) is 31.8 Å². The summed E-state index contributed by atoms with van der Waals surface area (Å²) in [5, 5.41) is 0. The number of carbonyl (C=O) groups is 1. The Kier molecular flexibility index (Phi) is 5.12. The summed E-state index contributed by atoms with van der Waals surface area (Å²) in [6, 6.07) is 10.1. The molecule has 0 radical (unpaired) electrons. The Morgan fingerprint density at radius 2 is 2.05 bits per heavy atom. The fourth-order valence-corrected chi connectivity index (χ4v) is 2.44. The van der Waals surface area contributed by atoms with Gasteiger partial charge in [0.25, 0.3) is 0 Å². The zero-order valence-electron chi connectivity index (χ0n) is 11.5. The number of hydrogen-bond donors (Lipinski definition) is 0. The van der Waals surface area contributed by atoms with Crippen LogP contribution in [-0.2, 0) is 10.5 Å². The molecule has 2 aromatic rings. The van der Waals surface area contributed by atoms with Crippen molar-refractivity contribution in [1.82, 2.24) is 9.97 Å².